The van der Waals surface area contributed by atoms with Gasteiger partial charge in [0.15, 0.2) is 0 Å². The number of amides is 1. The van der Waals surface area contributed by atoms with Crippen LogP contribution < -0.4 is 11.1 Å². The molecular formula is C12H22N2O2. The maximum Gasteiger partial charge on any atom is 0.224 e. The summed E-state index contributed by atoms with van der Waals surface area (Å²) in [6.45, 7) is 6.18. The molecule has 2 rings (SSSR count). The Kier molecular flexibility index (Phi) is 2.97. The summed E-state index contributed by atoms with van der Waals surface area (Å²) < 4.78 is 5.32. The van der Waals surface area contributed by atoms with Crippen LogP contribution in [-0.4, -0.2) is 31.2 Å². The number of nitrogens with one attached hydrogen (secondary N) is 1. The van der Waals surface area contributed by atoms with Crippen LogP contribution in [0.3, 0.4) is 0 Å². The van der Waals surface area contributed by atoms with E-state index in [-0.39, 0.29) is 22.8 Å². The van der Waals surface area contributed by atoms with Gasteiger partial charge in [-0.3, -0.25) is 4.79 Å². The van der Waals surface area contributed by atoms with Crippen molar-refractivity contribution in [2.75, 3.05) is 19.8 Å². The fourth-order valence-electron chi connectivity index (χ4n) is 2.41. The smallest absolute Gasteiger partial charge is 0.224 e. The molecule has 0 aromatic carbocycles. The Morgan fingerprint density at radius 1 is 1.44 bits per heavy atom. The standard InChI is InChI=1S/C12H22N2O2/c1-11(2)7-9(11)10(15)14-12(8-13)3-5-16-6-4-12/h9H,3-8,13H2,1-2H3,(H,14,15). The van der Waals surface area contributed by atoms with Gasteiger partial charge >= 0.3 is 0 Å². The van der Waals surface area contributed by atoms with Crippen LogP contribution in [0.5, 0.6) is 0 Å². The number of hydrogen-bond donors (Lipinski definition) is 2. The first-order valence-electron chi connectivity index (χ1n) is 6.09. The van der Waals surface area contributed by atoms with E-state index in [1.54, 1.807) is 0 Å². The van der Waals surface area contributed by atoms with E-state index >= 15 is 0 Å². The Morgan fingerprint density at radius 2 is 2.00 bits per heavy atom. The summed E-state index contributed by atoms with van der Waals surface area (Å²) in [5, 5.41) is 3.16. The molecule has 1 aliphatic heterocycles. The van der Waals surface area contributed by atoms with Gasteiger partial charge in [-0.2, -0.15) is 0 Å². The third kappa shape index (κ3) is 2.23. The maximum atomic E-state index is 12.0. The van der Waals surface area contributed by atoms with E-state index in [0.717, 1.165) is 19.3 Å². The summed E-state index contributed by atoms with van der Waals surface area (Å²) in [6, 6.07) is 0. The molecule has 0 spiro atoms. The lowest BCUT2D eigenvalue weighted by Gasteiger charge is -2.37. The van der Waals surface area contributed by atoms with Gasteiger partial charge in [0.25, 0.3) is 0 Å². The molecule has 0 aromatic heterocycles. The van der Waals surface area contributed by atoms with E-state index < -0.39 is 0 Å². The molecule has 1 amide bonds. The monoisotopic (exact) mass is 226 g/mol. The Balaban J connectivity index is 1.94. The van der Waals surface area contributed by atoms with Crippen LogP contribution in [0.25, 0.3) is 0 Å². The van der Waals surface area contributed by atoms with Crippen LogP contribution in [0, 0.1) is 11.3 Å². The summed E-state index contributed by atoms with van der Waals surface area (Å²) in [5.41, 5.74) is 5.78. The second-order valence-electron chi connectivity index (χ2n) is 5.83. The molecule has 1 saturated carbocycles. The van der Waals surface area contributed by atoms with E-state index in [1.165, 1.54) is 0 Å². The molecule has 4 nitrogen and oxygen atoms in total. The molecule has 2 aliphatic rings. The highest BCUT2D eigenvalue weighted by Gasteiger charge is 2.51. The predicted octanol–water partition coefficient (Wildman–Crippen LogP) is 0.657. The molecular weight excluding hydrogens is 204 g/mol. The first kappa shape index (κ1) is 11.9. The summed E-state index contributed by atoms with van der Waals surface area (Å²) in [4.78, 5) is 12.0. The van der Waals surface area contributed by atoms with Gasteiger partial charge in [-0.15, -0.1) is 0 Å². The van der Waals surface area contributed by atoms with Gasteiger partial charge in [0.1, 0.15) is 0 Å². The van der Waals surface area contributed by atoms with E-state index in [9.17, 15) is 4.79 Å². The van der Waals surface area contributed by atoms with Gasteiger partial charge in [0, 0.05) is 25.7 Å². The quantitative estimate of drug-likeness (QED) is 0.743. The molecule has 1 saturated heterocycles. The molecule has 0 bridgehead atoms. The van der Waals surface area contributed by atoms with Gasteiger partial charge in [-0.1, -0.05) is 13.8 Å². The summed E-state index contributed by atoms with van der Waals surface area (Å²) in [7, 11) is 0. The number of hydrogen-bond acceptors (Lipinski definition) is 3. The molecule has 0 aromatic rings. The molecule has 0 radical (unpaired) electrons. The van der Waals surface area contributed by atoms with Gasteiger partial charge in [-0.25, -0.2) is 0 Å². The maximum absolute atomic E-state index is 12.0. The van der Waals surface area contributed by atoms with E-state index in [0.29, 0.717) is 19.8 Å². The van der Waals surface area contributed by atoms with Gasteiger partial charge < -0.3 is 15.8 Å². The van der Waals surface area contributed by atoms with E-state index in [2.05, 4.69) is 19.2 Å². The Bertz CT molecular complexity index is 283. The van der Waals surface area contributed by atoms with Gasteiger partial charge in [0.05, 0.1) is 5.54 Å². The van der Waals surface area contributed by atoms with Crippen molar-refractivity contribution in [3.05, 3.63) is 0 Å². The second-order valence-corrected chi connectivity index (χ2v) is 5.83. The molecule has 1 atom stereocenters. The highest BCUT2D eigenvalue weighted by atomic mass is 16.5. The van der Waals surface area contributed by atoms with Crippen molar-refractivity contribution in [1.29, 1.82) is 0 Å². The van der Waals surface area contributed by atoms with Crippen molar-refractivity contribution in [2.45, 2.75) is 38.6 Å². The second kappa shape index (κ2) is 4.00. The molecule has 1 aliphatic carbocycles. The van der Waals surface area contributed by atoms with Crippen molar-refractivity contribution >= 4 is 5.91 Å². The number of ether oxygens (including phenoxy) is 1. The van der Waals surface area contributed by atoms with Crippen molar-refractivity contribution < 1.29 is 9.53 Å². The first-order chi connectivity index (χ1) is 7.49. The molecule has 16 heavy (non-hydrogen) atoms. The summed E-state index contributed by atoms with van der Waals surface area (Å²) in [6.07, 6.45) is 2.67. The zero-order valence-electron chi connectivity index (χ0n) is 10.2. The summed E-state index contributed by atoms with van der Waals surface area (Å²) >= 11 is 0. The normalized spacial score (nSPS) is 30.8. The van der Waals surface area contributed by atoms with Crippen LogP contribution >= 0.6 is 0 Å². The van der Waals surface area contributed by atoms with Crippen molar-refractivity contribution in [1.82, 2.24) is 5.32 Å². The third-order valence-electron chi connectivity index (χ3n) is 4.06. The van der Waals surface area contributed by atoms with Crippen LogP contribution in [-0.2, 0) is 9.53 Å². The minimum Gasteiger partial charge on any atom is -0.381 e. The lowest BCUT2D eigenvalue weighted by Crippen LogP contribution is -2.57. The lowest BCUT2D eigenvalue weighted by molar-refractivity contribution is -0.126. The Labute approximate surface area is 96.9 Å². The van der Waals surface area contributed by atoms with Crippen LogP contribution in [0.2, 0.25) is 0 Å². The minimum absolute atomic E-state index is 0.178. The van der Waals surface area contributed by atoms with Gasteiger partial charge in [-0.05, 0) is 24.7 Å². The number of carbonyl (C=O) groups excluding carboxylic acids is 1. The van der Waals surface area contributed by atoms with Crippen molar-refractivity contribution in [2.24, 2.45) is 17.1 Å². The SMILES string of the molecule is CC1(C)CC1C(=O)NC1(CN)CCOCC1. The minimum atomic E-state index is -0.214. The number of rotatable bonds is 3. The number of carbonyl (C=O) groups is 1. The first-order valence-corrected chi connectivity index (χ1v) is 6.09. The number of nitrogens with two attached hydrogens (primary N) is 1. The van der Waals surface area contributed by atoms with Crippen LogP contribution in [0.4, 0.5) is 0 Å². The fraction of sp³-hybridized carbons (Fsp3) is 0.917. The average molecular weight is 226 g/mol. The topological polar surface area (TPSA) is 64.4 Å². The highest BCUT2D eigenvalue weighted by Crippen LogP contribution is 2.51. The fourth-order valence-corrected chi connectivity index (χ4v) is 2.41. The third-order valence-corrected chi connectivity index (χ3v) is 4.06. The highest BCUT2D eigenvalue weighted by molar-refractivity contribution is 5.83. The van der Waals surface area contributed by atoms with Crippen LogP contribution in [0.1, 0.15) is 33.1 Å². The molecule has 92 valence electrons. The Hall–Kier alpha value is -0.610. The van der Waals surface area contributed by atoms with Crippen LogP contribution in [0.15, 0.2) is 0 Å². The molecule has 3 N–H and O–H groups in total. The van der Waals surface area contributed by atoms with Crippen molar-refractivity contribution in [3.8, 4) is 0 Å². The molecule has 1 unspecified atom stereocenters. The zero-order valence-corrected chi connectivity index (χ0v) is 10.2. The molecule has 4 heteroatoms. The lowest BCUT2D eigenvalue weighted by atomic mass is 9.89. The predicted molar refractivity (Wildman–Crippen MR) is 61.9 cm³/mol. The van der Waals surface area contributed by atoms with Crippen molar-refractivity contribution in [3.63, 3.8) is 0 Å². The average Bonchev–Trinajstić information content (AvgIpc) is 2.89. The zero-order chi connectivity index (χ0) is 11.8. The van der Waals surface area contributed by atoms with E-state index in [4.69, 9.17) is 10.5 Å². The summed E-state index contributed by atoms with van der Waals surface area (Å²) in [5.74, 6) is 0.358. The molecule has 1 heterocycles. The largest absolute Gasteiger partial charge is 0.381 e. The van der Waals surface area contributed by atoms with E-state index in [1.807, 2.05) is 0 Å². The molecule has 2 fully saturated rings. The van der Waals surface area contributed by atoms with Gasteiger partial charge in [0.2, 0.25) is 5.91 Å². The Morgan fingerprint density at radius 3 is 2.44 bits per heavy atom.